The summed E-state index contributed by atoms with van der Waals surface area (Å²) in [6.07, 6.45) is 5.62. The molecule has 148 valence electrons. The molecule has 1 unspecified atom stereocenters. The summed E-state index contributed by atoms with van der Waals surface area (Å²) in [5, 5.41) is 6.61. The number of piperidine rings is 1. The van der Waals surface area contributed by atoms with E-state index in [0.29, 0.717) is 25.5 Å². The molecule has 1 saturated heterocycles. The SMILES string of the molecule is O=C(COC(=O)C1CCCCN1c1ncccn1)NC(=O)NCc1cccs1. The first-order valence-corrected chi connectivity index (χ1v) is 9.82. The maximum Gasteiger partial charge on any atom is 0.329 e. The summed E-state index contributed by atoms with van der Waals surface area (Å²) in [6, 6.07) is 4.28. The molecule has 2 N–H and O–H groups in total. The third kappa shape index (κ3) is 5.49. The van der Waals surface area contributed by atoms with Crippen molar-refractivity contribution in [1.82, 2.24) is 20.6 Å². The second kappa shape index (κ2) is 9.79. The molecule has 0 aliphatic carbocycles. The molecule has 2 aromatic rings. The van der Waals surface area contributed by atoms with E-state index in [-0.39, 0.29) is 0 Å². The van der Waals surface area contributed by atoms with Gasteiger partial charge in [-0.3, -0.25) is 10.1 Å². The number of ether oxygens (including phenoxy) is 1. The van der Waals surface area contributed by atoms with Crippen molar-refractivity contribution in [3.05, 3.63) is 40.8 Å². The molecule has 9 nitrogen and oxygen atoms in total. The van der Waals surface area contributed by atoms with E-state index in [9.17, 15) is 14.4 Å². The number of amides is 3. The van der Waals surface area contributed by atoms with Crippen LogP contribution in [0.4, 0.5) is 10.7 Å². The number of rotatable bonds is 6. The third-order valence-corrected chi connectivity index (χ3v) is 5.06. The molecule has 0 spiro atoms. The van der Waals surface area contributed by atoms with Crippen LogP contribution in [0.25, 0.3) is 0 Å². The zero-order valence-corrected chi connectivity index (χ0v) is 16.0. The Morgan fingerprint density at radius 2 is 2.04 bits per heavy atom. The van der Waals surface area contributed by atoms with Crippen molar-refractivity contribution in [3.63, 3.8) is 0 Å². The Morgan fingerprint density at radius 1 is 1.21 bits per heavy atom. The molecule has 0 aromatic carbocycles. The van der Waals surface area contributed by atoms with Crippen LogP contribution in [-0.4, -0.2) is 47.1 Å². The lowest BCUT2D eigenvalue weighted by atomic mass is 10.0. The van der Waals surface area contributed by atoms with Crippen molar-refractivity contribution < 1.29 is 19.1 Å². The number of urea groups is 1. The molecule has 0 bridgehead atoms. The van der Waals surface area contributed by atoms with Crippen LogP contribution in [0.2, 0.25) is 0 Å². The molecule has 3 heterocycles. The van der Waals surface area contributed by atoms with Crippen LogP contribution in [0.3, 0.4) is 0 Å². The van der Waals surface area contributed by atoms with E-state index in [1.807, 2.05) is 17.5 Å². The van der Waals surface area contributed by atoms with Gasteiger partial charge in [0.2, 0.25) is 5.95 Å². The second-order valence-electron chi connectivity index (χ2n) is 6.17. The Labute approximate surface area is 166 Å². The lowest BCUT2D eigenvalue weighted by Gasteiger charge is -2.33. The summed E-state index contributed by atoms with van der Waals surface area (Å²) in [5.74, 6) is -0.752. The summed E-state index contributed by atoms with van der Waals surface area (Å²) < 4.78 is 5.12. The first kappa shape index (κ1) is 19.7. The average Bonchev–Trinajstić information content (AvgIpc) is 3.25. The molecule has 28 heavy (non-hydrogen) atoms. The fourth-order valence-corrected chi connectivity index (χ4v) is 3.52. The number of carbonyl (C=O) groups excluding carboxylic acids is 3. The number of hydrogen-bond donors (Lipinski definition) is 2. The van der Waals surface area contributed by atoms with Crippen molar-refractivity contribution in [2.45, 2.75) is 31.8 Å². The largest absolute Gasteiger partial charge is 0.454 e. The highest BCUT2D eigenvalue weighted by Crippen LogP contribution is 2.22. The predicted octanol–water partition coefficient (Wildman–Crippen LogP) is 1.47. The molecule has 1 aliphatic rings. The molecule has 10 heteroatoms. The van der Waals surface area contributed by atoms with Gasteiger partial charge >= 0.3 is 12.0 Å². The van der Waals surface area contributed by atoms with Crippen molar-refractivity contribution in [1.29, 1.82) is 0 Å². The van der Waals surface area contributed by atoms with Gasteiger partial charge in [0.15, 0.2) is 6.61 Å². The van der Waals surface area contributed by atoms with E-state index in [1.54, 1.807) is 23.4 Å². The van der Waals surface area contributed by atoms with Crippen LogP contribution in [0.1, 0.15) is 24.1 Å². The van der Waals surface area contributed by atoms with E-state index in [0.717, 1.165) is 17.7 Å². The van der Waals surface area contributed by atoms with Gasteiger partial charge in [-0.1, -0.05) is 6.07 Å². The fourth-order valence-electron chi connectivity index (χ4n) is 2.88. The number of aromatic nitrogens is 2. The maximum absolute atomic E-state index is 12.5. The zero-order valence-electron chi connectivity index (χ0n) is 15.2. The number of hydrogen-bond acceptors (Lipinski definition) is 8. The first-order valence-electron chi connectivity index (χ1n) is 8.94. The number of imide groups is 1. The number of nitrogens with one attached hydrogen (secondary N) is 2. The van der Waals surface area contributed by atoms with Gasteiger partial charge in [-0.15, -0.1) is 11.3 Å². The smallest absolute Gasteiger partial charge is 0.329 e. The Hall–Kier alpha value is -3.01. The van der Waals surface area contributed by atoms with Crippen LogP contribution < -0.4 is 15.5 Å². The highest BCUT2D eigenvalue weighted by atomic mass is 32.1. The van der Waals surface area contributed by atoms with Gasteiger partial charge < -0.3 is 15.0 Å². The number of thiophene rings is 1. The van der Waals surface area contributed by atoms with Crippen molar-refractivity contribution in [3.8, 4) is 0 Å². The molecule has 2 aromatic heterocycles. The highest BCUT2D eigenvalue weighted by molar-refractivity contribution is 7.09. The van der Waals surface area contributed by atoms with Crippen LogP contribution >= 0.6 is 11.3 Å². The van der Waals surface area contributed by atoms with Gasteiger partial charge in [-0.2, -0.15) is 0 Å². The molecule has 0 radical (unpaired) electrons. The molecular weight excluding hydrogens is 382 g/mol. The topological polar surface area (TPSA) is 114 Å². The summed E-state index contributed by atoms with van der Waals surface area (Å²) in [7, 11) is 0. The van der Waals surface area contributed by atoms with Gasteiger partial charge in [0.05, 0.1) is 6.54 Å². The van der Waals surface area contributed by atoms with Gasteiger partial charge in [0.25, 0.3) is 5.91 Å². The molecule has 1 fully saturated rings. The number of anilines is 1. The standard InChI is InChI=1S/C18H21N5O4S/c24-15(22-18(26)21-11-13-5-3-10-28-13)12-27-16(25)14-6-1-2-9-23(14)17-19-7-4-8-20-17/h3-5,7-8,10,14H,1-2,6,9,11-12H2,(H2,21,22,24,26). The summed E-state index contributed by atoms with van der Waals surface area (Å²) >= 11 is 1.50. The molecule has 0 saturated carbocycles. The third-order valence-electron chi connectivity index (χ3n) is 4.19. The number of esters is 1. The van der Waals surface area contributed by atoms with Crippen LogP contribution in [0.15, 0.2) is 36.0 Å². The molecule has 3 rings (SSSR count). The molecule has 1 atom stereocenters. The van der Waals surface area contributed by atoms with E-state index >= 15 is 0 Å². The Kier molecular flexibility index (Phi) is 6.90. The van der Waals surface area contributed by atoms with Gasteiger partial charge in [0.1, 0.15) is 6.04 Å². The zero-order chi connectivity index (χ0) is 19.8. The normalized spacial score (nSPS) is 16.3. The fraction of sp³-hybridized carbons (Fsp3) is 0.389. The molecule has 1 aliphatic heterocycles. The molecular formula is C18H21N5O4S. The number of carbonyl (C=O) groups is 3. The number of nitrogens with zero attached hydrogens (tertiary/aromatic N) is 3. The summed E-state index contributed by atoms with van der Waals surface area (Å²) in [4.78, 5) is 47.2. The van der Waals surface area contributed by atoms with E-state index in [2.05, 4.69) is 20.6 Å². The molecule has 3 amide bonds. The van der Waals surface area contributed by atoms with Gasteiger partial charge in [-0.25, -0.2) is 19.6 Å². The van der Waals surface area contributed by atoms with Gasteiger partial charge in [0, 0.05) is 23.8 Å². The van der Waals surface area contributed by atoms with Crippen molar-refractivity contribution in [2.24, 2.45) is 0 Å². The summed E-state index contributed by atoms with van der Waals surface area (Å²) in [5.41, 5.74) is 0. The van der Waals surface area contributed by atoms with Crippen molar-refractivity contribution >= 4 is 35.2 Å². The van der Waals surface area contributed by atoms with E-state index in [1.165, 1.54) is 11.3 Å². The Balaban J connectivity index is 1.45. The van der Waals surface area contributed by atoms with Crippen LogP contribution in [0, 0.1) is 0 Å². The minimum atomic E-state index is -0.685. The van der Waals surface area contributed by atoms with Crippen molar-refractivity contribution in [2.75, 3.05) is 18.1 Å². The first-order chi connectivity index (χ1) is 13.6. The Bertz CT molecular complexity index is 800. The monoisotopic (exact) mass is 403 g/mol. The van der Waals surface area contributed by atoms with E-state index < -0.39 is 30.6 Å². The quantitative estimate of drug-likeness (QED) is 0.702. The van der Waals surface area contributed by atoms with E-state index in [4.69, 9.17) is 4.74 Å². The predicted molar refractivity (Wildman–Crippen MR) is 103 cm³/mol. The minimum Gasteiger partial charge on any atom is -0.454 e. The van der Waals surface area contributed by atoms with Gasteiger partial charge in [-0.05, 0) is 36.8 Å². The summed E-state index contributed by atoms with van der Waals surface area (Å²) in [6.45, 7) is 0.441. The lowest BCUT2D eigenvalue weighted by molar-refractivity contribution is -0.150. The lowest BCUT2D eigenvalue weighted by Crippen LogP contribution is -2.47. The maximum atomic E-state index is 12.5. The Morgan fingerprint density at radius 3 is 2.79 bits per heavy atom. The average molecular weight is 403 g/mol. The highest BCUT2D eigenvalue weighted by Gasteiger charge is 2.32. The minimum absolute atomic E-state index is 0.324. The van der Waals surface area contributed by atoms with Crippen LogP contribution in [-0.2, 0) is 20.9 Å². The van der Waals surface area contributed by atoms with Crippen LogP contribution in [0.5, 0.6) is 0 Å². The second-order valence-corrected chi connectivity index (χ2v) is 7.20.